The summed E-state index contributed by atoms with van der Waals surface area (Å²) in [4.78, 5) is 70.1. The van der Waals surface area contributed by atoms with Crippen molar-refractivity contribution in [2.24, 2.45) is 17.3 Å². The van der Waals surface area contributed by atoms with E-state index in [1.54, 1.807) is 43.9 Å². The number of para-hydroxylation sites is 1. The standard InChI is InChI=1S/C50H63N5O8S2/c1-31(2)55-39-22-16-21-37(44-51-38(32(3)64-44)25-33-17-12-11-13-18-33)43(39)52-47(55)62-36-27-40-41(56)29-50(46(59)53-65(60,61)49(7)23-24-49)28-35(50)20-15-10-8-9-14-19-34(45(58)54(40)30-36)26-42(57)63-48(4,5)6/h11-13,15-18,20-22,31,34-36,40H,8-10,14,19,23-30H2,1-7H3,(H,53,59)/b20-15-/t34-,35-,36-,40+,50-/m1/s1. The highest BCUT2D eigenvalue weighted by atomic mass is 32.2. The van der Waals surface area contributed by atoms with E-state index >= 15 is 0 Å². The molecule has 8 rings (SSSR count). The molecule has 0 unspecified atom stereocenters. The number of fused-ring (bicyclic) bond motifs is 3. The van der Waals surface area contributed by atoms with Crippen LogP contribution in [-0.4, -0.2) is 80.5 Å². The molecule has 4 aliphatic rings. The smallest absolute Gasteiger partial charge is 0.307 e. The summed E-state index contributed by atoms with van der Waals surface area (Å²) in [7, 11) is -3.96. The van der Waals surface area contributed by atoms with Gasteiger partial charge in [-0.3, -0.25) is 28.5 Å². The largest absolute Gasteiger partial charge is 0.460 e. The number of imidazole rings is 1. The Morgan fingerprint density at radius 2 is 1.77 bits per heavy atom. The van der Waals surface area contributed by atoms with Crippen molar-refractivity contribution in [2.75, 3.05) is 6.54 Å². The molecule has 13 nitrogen and oxygen atoms in total. The van der Waals surface area contributed by atoms with Gasteiger partial charge in [-0.25, -0.2) is 13.4 Å². The van der Waals surface area contributed by atoms with Gasteiger partial charge < -0.3 is 14.4 Å². The van der Waals surface area contributed by atoms with Gasteiger partial charge in [-0.2, -0.15) is 4.98 Å². The molecule has 1 N–H and O–H groups in total. The van der Waals surface area contributed by atoms with E-state index in [0.29, 0.717) is 44.5 Å². The first kappa shape index (κ1) is 46.6. The lowest BCUT2D eigenvalue weighted by Crippen LogP contribution is -2.47. The van der Waals surface area contributed by atoms with E-state index in [1.807, 2.05) is 67.0 Å². The molecule has 1 saturated heterocycles. The van der Waals surface area contributed by atoms with E-state index in [1.165, 1.54) is 5.56 Å². The van der Waals surface area contributed by atoms with Crippen molar-refractivity contribution in [3.05, 3.63) is 76.8 Å². The van der Waals surface area contributed by atoms with Gasteiger partial charge in [0, 0.05) is 41.7 Å². The zero-order valence-electron chi connectivity index (χ0n) is 38.7. The van der Waals surface area contributed by atoms with Crippen LogP contribution in [0.1, 0.15) is 134 Å². The molecule has 4 aromatic rings. The molecule has 2 aliphatic carbocycles. The van der Waals surface area contributed by atoms with Crippen LogP contribution in [-0.2, 0) is 40.4 Å². The summed E-state index contributed by atoms with van der Waals surface area (Å²) in [5.41, 5.74) is 2.63. The number of rotatable bonds is 11. The number of hydrogen-bond donors (Lipinski definition) is 1. The van der Waals surface area contributed by atoms with Crippen LogP contribution in [0.2, 0.25) is 0 Å². The number of benzene rings is 2. The molecule has 2 aromatic heterocycles. The number of ether oxygens (including phenoxy) is 2. The van der Waals surface area contributed by atoms with Gasteiger partial charge in [-0.1, -0.05) is 61.4 Å². The lowest BCUT2D eigenvalue weighted by atomic mass is 9.90. The molecule has 4 heterocycles. The second-order valence-corrected chi connectivity index (χ2v) is 23.6. The maximum atomic E-state index is 14.9. The van der Waals surface area contributed by atoms with Gasteiger partial charge >= 0.3 is 5.97 Å². The topological polar surface area (TPSA) is 167 Å². The van der Waals surface area contributed by atoms with Gasteiger partial charge in [0.15, 0.2) is 5.78 Å². The highest BCUT2D eigenvalue weighted by molar-refractivity contribution is 7.91. The van der Waals surface area contributed by atoms with Crippen molar-refractivity contribution in [1.82, 2.24) is 24.2 Å². The minimum atomic E-state index is -3.96. The number of carbonyl (C=O) groups excluding carboxylic acids is 4. The number of esters is 1. The first-order chi connectivity index (χ1) is 30.8. The average molecular weight is 926 g/mol. The molecule has 2 aromatic carbocycles. The van der Waals surface area contributed by atoms with Gasteiger partial charge in [0.05, 0.1) is 40.4 Å². The van der Waals surface area contributed by atoms with E-state index in [2.05, 4.69) is 23.8 Å². The average Bonchev–Trinajstić information content (AvgIpc) is 3.98. The number of nitrogens with one attached hydrogen (secondary N) is 1. The number of hydrogen-bond acceptors (Lipinski definition) is 11. The predicted molar refractivity (Wildman–Crippen MR) is 251 cm³/mol. The molecule has 0 spiro atoms. The van der Waals surface area contributed by atoms with E-state index in [0.717, 1.165) is 51.4 Å². The SMILES string of the molecule is Cc1sc(-c2cccc3c2nc(O[C@@H]2C[C@H]4C(=O)C[C@]5(C(=O)NS(=O)(=O)C6(C)CC6)C[C@H]5/C=C\CCCCC[C@H](CC(=O)OC(C)(C)C)C(=O)N4C2)n3C(C)C)nc1Cc1ccccc1. The number of thiazole rings is 1. The highest BCUT2D eigenvalue weighted by Crippen LogP contribution is 2.58. The lowest BCUT2D eigenvalue weighted by molar-refractivity contribution is -0.159. The minimum absolute atomic E-state index is 0.0536. The number of Topliss-reactive ketones (excluding diaryl/α,β-unsaturated/α-hetero) is 1. The number of allylic oxidation sites excluding steroid dienone is 2. The van der Waals surface area contributed by atoms with Crippen LogP contribution in [0.15, 0.2) is 60.7 Å². The zero-order chi connectivity index (χ0) is 46.5. The van der Waals surface area contributed by atoms with Crippen LogP contribution in [0, 0.1) is 24.2 Å². The maximum Gasteiger partial charge on any atom is 0.307 e. The van der Waals surface area contributed by atoms with Gasteiger partial charge in [0.25, 0.3) is 6.01 Å². The number of ketones is 1. The van der Waals surface area contributed by atoms with Crippen LogP contribution >= 0.6 is 11.3 Å². The van der Waals surface area contributed by atoms with Crippen LogP contribution in [0.3, 0.4) is 0 Å². The number of carbonyl (C=O) groups is 4. The fourth-order valence-corrected chi connectivity index (χ4v) is 11.8. The van der Waals surface area contributed by atoms with Crippen LogP contribution in [0.4, 0.5) is 0 Å². The fourth-order valence-electron chi connectivity index (χ4n) is 9.50. The quantitative estimate of drug-likeness (QED) is 0.113. The molecule has 5 atom stereocenters. The van der Waals surface area contributed by atoms with Gasteiger partial charge in [0.1, 0.15) is 22.2 Å². The summed E-state index contributed by atoms with van der Waals surface area (Å²) in [5.74, 6) is -2.92. The van der Waals surface area contributed by atoms with Crippen LogP contribution < -0.4 is 9.46 Å². The third kappa shape index (κ3) is 9.96. The van der Waals surface area contributed by atoms with Gasteiger partial charge in [0.2, 0.25) is 21.8 Å². The monoisotopic (exact) mass is 925 g/mol. The van der Waals surface area contributed by atoms with Crippen molar-refractivity contribution < 1.29 is 37.1 Å². The summed E-state index contributed by atoms with van der Waals surface area (Å²) in [6, 6.07) is 15.6. The summed E-state index contributed by atoms with van der Waals surface area (Å²) in [6.45, 7) is 13.2. The van der Waals surface area contributed by atoms with E-state index in [-0.39, 0.29) is 49.5 Å². The third-order valence-electron chi connectivity index (χ3n) is 13.6. The first-order valence-electron chi connectivity index (χ1n) is 23.2. The fraction of sp³-hybridized carbons (Fsp3) is 0.560. The number of sulfonamides is 1. The molecule has 3 fully saturated rings. The molecule has 0 radical (unpaired) electrons. The Morgan fingerprint density at radius 1 is 1.02 bits per heavy atom. The van der Waals surface area contributed by atoms with Crippen LogP contribution in [0.5, 0.6) is 6.01 Å². The Morgan fingerprint density at radius 3 is 2.48 bits per heavy atom. The molecule has 0 bridgehead atoms. The van der Waals surface area contributed by atoms with Crippen molar-refractivity contribution in [3.8, 4) is 16.6 Å². The molecule has 348 valence electrons. The Kier molecular flexibility index (Phi) is 13.0. The second-order valence-electron chi connectivity index (χ2n) is 20.2. The minimum Gasteiger partial charge on any atom is -0.460 e. The molecule has 15 heteroatoms. The van der Waals surface area contributed by atoms with E-state index in [4.69, 9.17) is 19.4 Å². The summed E-state index contributed by atoms with van der Waals surface area (Å²) < 4.78 is 42.6. The zero-order valence-corrected chi connectivity index (χ0v) is 40.4. The second kappa shape index (κ2) is 18.1. The molecular weight excluding hydrogens is 863 g/mol. The third-order valence-corrected chi connectivity index (χ3v) is 16.8. The summed E-state index contributed by atoms with van der Waals surface area (Å²) >= 11 is 1.62. The number of amides is 2. The Labute approximate surface area is 386 Å². The van der Waals surface area contributed by atoms with Gasteiger partial charge in [-0.15, -0.1) is 11.3 Å². The lowest BCUT2D eigenvalue weighted by Gasteiger charge is -2.29. The van der Waals surface area contributed by atoms with Crippen molar-refractivity contribution >= 4 is 56.0 Å². The molecule has 2 amide bonds. The summed E-state index contributed by atoms with van der Waals surface area (Å²) in [6.07, 6.45) is 8.51. The molecule has 65 heavy (non-hydrogen) atoms. The van der Waals surface area contributed by atoms with Crippen molar-refractivity contribution in [3.63, 3.8) is 0 Å². The molecule has 2 aliphatic heterocycles. The maximum absolute atomic E-state index is 14.9. The normalized spacial score (nSPS) is 25.3. The van der Waals surface area contributed by atoms with Crippen LogP contribution in [0.25, 0.3) is 21.6 Å². The number of nitrogens with zero attached hydrogens (tertiary/aromatic N) is 4. The van der Waals surface area contributed by atoms with Crippen molar-refractivity contribution in [2.45, 2.75) is 154 Å². The first-order valence-corrected chi connectivity index (χ1v) is 25.5. The van der Waals surface area contributed by atoms with E-state index < -0.39 is 55.7 Å². The van der Waals surface area contributed by atoms with E-state index in [9.17, 15) is 27.6 Å². The number of aryl methyl sites for hydroxylation is 1. The Hall–Kier alpha value is -4.89. The summed E-state index contributed by atoms with van der Waals surface area (Å²) in [5, 5.41) is 0.850. The van der Waals surface area contributed by atoms with Gasteiger partial charge in [-0.05, 0) is 111 Å². The predicted octanol–water partition coefficient (Wildman–Crippen LogP) is 8.82. The highest BCUT2D eigenvalue weighted by Gasteiger charge is 2.62. The number of aromatic nitrogens is 3. The molecule has 2 saturated carbocycles. The Bertz CT molecular complexity index is 2610. The van der Waals surface area contributed by atoms with Crippen molar-refractivity contribution in [1.29, 1.82) is 0 Å². The molecular formula is C50H63N5O8S2. The Balaban J connectivity index is 1.12.